The SMILES string of the molecule is CCOC(C(N)CC1Cc2ccccc21)C1CC1. The van der Waals surface area contributed by atoms with E-state index in [1.165, 1.54) is 30.4 Å². The molecule has 0 heterocycles. The number of nitrogens with two attached hydrogens (primary N) is 1. The van der Waals surface area contributed by atoms with E-state index in [2.05, 4.69) is 31.2 Å². The van der Waals surface area contributed by atoms with Crippen molar-refractivity contribution in [1.29, 1.82) is 0 Å². The zero-order valence-corrected chi connectivity index (χ0v) is 11.1. The van der Waals surface area contributed by atoms with E-state index in [0.717, 1.165) is 18.9 Å². The van der Waals surface area contributed by atoms with Crippen molar-refractivity contribution in [3.63, 3.8) is 0 Å². The summed E-state index contributed by atoms with van der Waals surface area (Å²) < 4.78 is 5.86. The topological polar surface area (TPSA) is 35.2 Å². The molecule has 1 aromatic carbocycles. The number of hydrogen-bond acceptors (Lipinski definition) is 2. The van der Waals surface area contributed by atoms with E-state index in [0.29, 0.717) is 12.0 Å². The summed E-state index contributed by atoms with van der Waals surface area (Å²) >= 11 is 0. The van der Waals surface area contributed by atoms with Crippen molar-refractivity contribution in [3.8, 4) is 0 Å². The van der Waals surface area contributed by atoms with Crippen molar-refractivity contribution in [2.24, 2.45) is 11.7 Å². The first-order valence-corrected chi connectivity index (χ1v) is 7.24. The average Bonchev–Trinajstić information content (AvgIpc) is 3.17. The molecule has 0 bridgehead atoms. The van der Waals surface area contributed by atoms with Gasteiger partial charge in [-0.05, 0) is 55.6 Å². The fraction of sp³-hybridized carbons (Fsp3) is 0.625. The average molecular weight is 245 g/mol. The van der Waals surface area contributed by atoms with Crippen LogP contribution in [0.2, 0.25) is 0 Å². The molecule has 0 aliphatic heterocycles. The summed E-state index contributed by atoms with van der Waals surface area (Å²) in [5, 5.41) is 0. The number of hydrogen-bond donors (Lipinski definition) is 1. The van der Waals surface area contributed by atoms with Crippen LogP contribution in [0.25, 0.3) is 0 Å². The van der Waals surface area contributed by atoms with Gasteiger partial charge in [-0.2, -0.15) is 0 Å². The molecule has 2 heteroatoms. The highest BCUT2D eigenvalue weighted by molar-refractivity contribution is 5.39. The van der Waals surface area contributed by atoms with Crippen LogP contribution in [0.1, 0.15) is 43.2 Å². The van der Waals surface area contributed by atoms with Crippen molar-refractivity contribution in [3.05, 3.63) is 35.4 Å². The summed E-state index contributed by atoms with van der Waals surface area (Å²) in [7, 11) is 0. The van der Waals surface area contributed by atoms with E-state index in [1.807, 2.05) is 0 Å². The predicted octanol–water partition coefficient (Wildman–Crippen LogP) is 2.86. The molecule has 1 saturated carbocycles. The predicted molar refractivity (Wildman–Crippen MR) is 73.6 cm³/mol. The normalized spacial score (nSPS) is 25.1. The Bertz CT molecular complexity index is 413. The van der Waals surface area contributed by atoms with Crippen molar-refractivity contribution in [1.82, 2.24) is 0 Å². The van der Waals surface area contributed by atoms with Crippen molar-refractivity contribution in [2.45, 2.75) is 50.7 Å². The molecule has 98 valence electrons. The van der Waals surface area contributed by atoms with Gasteiger partial charge in [0.05, 0.1) is 6.10 Å². The van der Waals surface area contributed by atoms with E-state index in [9.17, 15) is 0 Å². The Hall–Kier alpha value is -0.860. The second-order valence-electron chi connectivity index (χ2n) is 5.76. The van der Waals surface area contributed by atoms with Crippen LogP contribution in [0, 0.1) is 5.92 Å². The lowest BCUT2D eigenvalue weighted by molar-refractivity contribution is 0.0247. The van der Waals surface area contributed by atoms with Gasteiger partial charge in [0.1, 0.15) is 0 Å². The molecular weight excluding hydrogens is 222 g/mol. The molecule has 2 aliphatic rings. The minimum atomic E-state index is 0.204. The molecule has 0 saturated heterocycles. The van der Waals surface area contributed by atoms with E-state index in [-0.39, 0.29) is 6.04 Å². The maximum Gasteiger partial charge on any atom is 0.0754 e. The second-order valence-corrected chi connectivity index (χ2v) is 5.76. The Morgan fingerprint density at radius 1 is 1.33 bits per heavy atom. The van der Waals surface area contributed by atoms with E-state index in [1.54, 1.807) is 0 Å². The van der Waals surface area contributed by atoms with Gasteiger partial charge in [-0.15, -0.1) is 0 Å². The largest absolute Gasteiger partial charge is 0.377 e. The van der Waals surface area contributed by atoms with Gasteiger partial charge in [-0.25, -0.2) is 0 Å². The highest BCUT2D eigenvalue weighted by Crippen LogP contribution is 2.41. The number of benzene rings is 1. The third-order valence-electron chi connectivity index (χ3n) is 4.39. The molecular formula is C16H23NO. The van der Waals surface area contributed by atoms with Gasteiger partial charge in [-0.1, -0.05) is 24.3 Å². The minimum Gasteiger partial charge on any atom is -0.377 e. The van der Waals surface area contributed by atoms with Crippen LogP contribution in [0.5, 0.6) is 0 Å². The lowest BCUT2D eigenvalue weighted by atomic mass is 9.74. The molecule has 18 heavy (non-hydrogen) atoms. The molecule has 0 aromatic heterocycles. The second kappa shape index (κ2) is 5.02. The quantitative estimate of drug-likeness (QED) is 0.836. The highest BCUT2D eigenvalue weighted by Gasteiger charge is 2.38. The smallest absolute Gasteiger partial charge is 0.0754 e. The van der Waals surface area contributed by atoms with E-state index >= 15 is 0 Å². The molecule has 2 nitrogen and oxygen atoms in total. The molecule has 2 aliphatic carbocycles. The number of ether oxygens (including phenoxy) is 1. The first kappa shape index (κ1) is 12.2. The molecule has 3 unspecified atom stereocenters. The first-order chi connectivity index (χ1) is 8.79. The molecule has 3 rings (SSSR count). The molecule has 0 amide bonds. The van der Waals surface area contributed by atoms with Gasteiger partial charge >= 0.3 is 0 Å². The fourth-order valence-corrected chi connectivity index (χ4v) is 3.26. The maximum atomic E-state index is 6.39. The molecule has 0 radical (unpaired) electrons. The van der Waals surface area contributed by atoms with Crippen LogP contribution < -0.4 is 5.73 Å². The van der Waals surface area contributed by atoms with E-state index in [4.69, 9.17) is 10.5 Å². The third kappa shape index (κ3) is 2.32. The Balaban J connectivity index is 1.60. The van der Waals surface area contributed by atoms with Gasteiger partial charge < -0.3 is 10.5 Å². The summed E-state index contributed by atoms with van der Waals surface area (Å²) in [6, 6.07) is 8.96. The Labute approximate surface area is 110 Å². The standard InChI is InChI=1S/C16H23NO/c1-2-18-16(11-7-8-11)15(17)10-13-9-12-5-3-4-6-14(12)13/h3-6,11,13,15-16H,2,7-10,17H2,1H3. The number of rotatable bonds is 6. The van der Waals surface area contributed by atoms with Crippen LogP contribution >= 0.6 is 0 Å². The Morgan fingerprint density at radius 2 is 2.11 bits per heavy atom. The van der Waals surface area contributed by atoms with Gasteiger partial charge in [0.15, 0.2) is 0 Å². The van der Waals surface area contributed by atoms with Crippen LogP contribution in [0.4, 0.5) is 0 Å². The summed E-state index contributed by atoms with van der Waals surface area (Å²) in [5.74, 6) is 1.40. The van der Waals surface area contributed by atoms with Crippen molar-refractivity contribution in [2.75, 3.05) is 6.61 Å². The van der Waals surface area contributed by atoms with Crippen LogP contribution in [-0.2, 0) is 11.2 Å². The summed E-state index contributed by atoms with van der Waals surface area (Å²) in [5.41, 5.74) is 9.41. The van der Waals surface area contributed by atoms with Gasteiger partial charge in [0.25, 0.3) is 0 Å². The molecule has 3 atom stereocenters. The number of fused-ring (bicyclic) bond motifs is 1. The molecule has 1 aromatic rings. The van der Waals surface area contributed by atoms with Gasteiger partial charge in [0.2, 0.25) is 0 Å². The molecule has 0 spiro atoms. The third-order valence-corrected chi connectivity index (χ3v) is 4.39. The zero-order chi connectivity index (χ0) is 12.5. The van der Waals surface area contributed by atoms with Crippen LogP contribution in [-0.4, -0.2) is 18.8 Å². The van der Waals surface area contributed by atoms with Crippen LogP contribution in [0.15, 0.2) is 24.3 Å². The van der Waals surface area contributed by atoms with Gasteiger partial charge in [-0.3, -0.25) is 0 Å². The highest BCUT2D eigenvalue weighted by atomic mass is 16.5. The lowest BCUT2D eigenvalue weighted by Gasteiger charge is -2.34. The summed E-state index contributed by atoms with van der Waals surface area (Å²) in [4.78, 5) is 0. The first-order valence-electron chi connectivity index (χ1n) is 7.24. The molecule has 2 N–H and O–H groups in total. The summed E-state index contributed by atoms with van der Waals surface area (Å²) in [6.45, 7) is 2.86. The monoisotopic (exact) mass is 245 g/mol. The summed E-state index contributed by atoms with van der Waals surface area (Å²) in [6.07, 6.45) is 5.19. The fourth-order valence-electron chi connectivity index (χ4n) is 3.26. The van der Waals surface area contributed by atoms with Crippen molar-refractivity contribution < 1.29 is 4.74 Å². The Kier molecular flexibility index (Phi) is 3.40. The maximum absolute atomic E-state index is 6.39. The molecule has 1 fully saturated rings. The lowest BCUT2D eigenvalue weighted by Crippen LogP contribution is -2.41. The van der Waals surface area contributed by atoms with Crippen LogP contribution in [0.3, 0.4) is 0 Å². The van der Waals surface area contributed by atoms with E-state index < -0.39 is 0 Å². The minimum absolute atomic E-state index is 0.204. The Morgan fingerprint density at radius 3 is 2.78 bits per heavy atom. The van der Waals surface area contributed by atoms with Gasteiger partial charge in [0, 0.05) is 12.6 Å². The van der Waals surface area contributed by atoms with Crippen molar-refractivity contribution >= 4 is 0 Å². The zero-order valence-electron chi connectivity index (χ0n) is 11.1.